The number of amides is 1. The van der Waals surface area contributed by atoms with Gasteiger partial charge in [-0.15, -0.1) is 0 Å². The number of aliphatic hydroxyl groups excluding tert-OH is 1. The van der Waals surface area contributed by atoms with Crippen molar-refractivity contribution in [1.82, 2.24) is 14.9 Å². The molecule has 1 aromatic carbocycles. The highest BCUT2D eigenvalue weighted by Crippen LogP contribution is 2.30. The molecule has 2 aromatic heterocycles. The van der Waals surface area contributed by atoms with Crippen molar-refractivity contribution in [3.63, 3.8) is 0 Å². The van der Waals surface area contributed by atoms with Crippen LogP contribution in [0.4, 0.5) is 19.0 Å². The number of aliphatic hydroxyl groups is 1. The molecule has 4 rings (SSSR count). The molecular formula is C24H25F3N4O2. The molecule has 1 aliphatic rings. The van der Waals surface area contributed by atoms with Gasteiger partial charge in [0.05, 0.1) is 29.4 Å². The number of pyridine rings is 2. The van der Waals surface area contributed by atoms with Crippen LogP contribution >= 0.6 is 0 Å². The number of fused-ring (bicyclic) bond motifs is 1. The van der Waals surface area contributed by atoms with E-state index in [-0.39, 0.29) is 18.5 Å². The predicted molar refractivity (Wildman–Crippen MR) is 118 cm³/mol. The first-order valence-corrected chi connectivity index (χ1v) is 10.8. The van der Waals surface area contributed by atoms with Crippen LogP contribution in [0.3, 0.4) is 0 Å². The Bertz CT molecular complexity index is 1160. The molecule has 0 spiro atoms. The number of hydrogen-bond acceptors (Lipinski definition) is 5. The molecule has 2 atom stereocenters. The Kier molecular flexibility index (Phi) is 6.25. The van der Waals surface area contributed by atoms with Crippen LogP contribution in [-0.4, -0.2) is 38.0 Å². The summed E-state index contributed by atoms with van der Waals surface area (Å²) in [4.78, 5) is 23.5. The second kappa shape index (κ2) is 8.97. The van der Waals surface area contributed by atoms with E-state index in [1.54, 1.807) is 23.1 Å². The van der Waals surface area contributed by atoms with E-state index in [2.05, 4.69) is 9.97 Å². The summed E-state index contributed by atoms with van der Waals surface area (Å²) in [5.41, 5.74) is 7.28. The van der Waals surface area contributed by atoms with Gasteiger partial charge in [0, 0.05) is 23.2 Å². The van der Waals surface area contributed by atoms with E-state index < -0.39 is 17.8 Å². The number of nitrogen functional groups attached to an aromatic ring is 1. The molecule has 1 aliphatic carbocycles. The summed E-state index contributed by atoms with van der Waals surface area (Å²) in [5.74, 6) is 0.153. The highest BCUT2D eigenvalue weighted by Gasteiger charge is 2.32. The summed E-state index contributed by atoms with van der Waals surface area (Å²) >= 11 is 0. The monoisotopic (exact) mass is 458 g/mol. The van der Waals surface area contributed by atoms with E-state index in [0.29, 0.717) is 41.9 Å². The molecule has 0 radical (unpaired) electrons. The van der Waals surface area contributed by atoms with Crippen molar-refractivity contribution >= 4 is 22.6 Å². The smallest absolute Gasteiger partial charge is 0.393 e. The highest BCUT2D eigenvalue weighted by molar-refractivity contribution is 5.98. The first-order chi connectivity index (χ1) is 15.6. The molecule has 3 N–H and O–H groups in total. The maximum absolute atomic E-state index is 13.6. The number of hydrogen-bond donors (Lipinski definition) is 2. The van der Waals surface area contributed by atoms with Crippen molar-refractivity contribution in [2.24, 2.45) is 0 Å². The zero-order valence-electron chi connectivity index (χ0n) is 18.1. The summed E-state index contributed by atoms with van der Waals surface area (Å²) in [6.07, 6.45) is -1.68. The zero-order valence-corrected chi connectivity index (χ0v) is 18.1. The van der Waals surface area contributed by atoms with E-state index in [0.717, 1.165) is 29.6 Å². The molecule has 33 heavy (non-hydrogen) atoms. The molecule has 0 aliphatic heterocycles. The molecule has 1 amide bonds. The maximum atomic E-state index is 13.6. The Balaban J connectivity index is 1.66. The Morgan fingerprint density at radius 1 is 1.21 bits per heavy atom. The van der Waals surface area contributed by atoms with Gasteiger partial charge < -0.3 is 15.7 Å². The van der Waals surface area contributed by atoms with Crippen LogP contribution in [0.1, 0.15) is 52.9 Å². The van der Waals surface area contributed by atoms with Crippen molar-refractivity contribution in [2.45, 2.75) is 57.5 Å². The van der Waals surface area contributed by atoms with Gasteiger partial charge in [0.2, 0.25) is 0 Å². The van der Waals surface area contributed by atoms with Crippen LogP contribution in [-0.2, 0) is 12.7 Å². The van der Waals surface area contributed by atoms with Crippen molar-refractivity contribution < 1.29 is 23.1 Å². The molecular weight excluding hydrogens is 433 g/mol. The molecule has 6 nitrogen and oxygen atoms in total. The quantitative estimate of drug-likeness (QED) is 0.601. The third-order valence-electron chi connectivity index (χ3n) is 6.10. The van der Waals surface area contributed by atoms with Crippen molar-refractivity contribution in [3.8, 4) is 0 Å². The lowest BCUT2D eigenvalue weighted by atomic mass is 9.91. The first kappa shape index (κ1) is 23.0. The van der Waals surface area contributed by atoms with Gasteiger partial charge in [0.1, 0.15) is 5.82 Å². The van der Waals surface area contributed by atoms with Crippen molar-refractivity contribution in [2.75, 3.05) is 5.73 Å². The van der Waals surface area contributed by atoms with Gasteiger partial charge in [-0.25, -0.2) is 4.98 Å². The van der Waals surface area contributed by atoms with Gasteiger partial charge in [-0.3, -0.25) is 9.78 Å². The molecule has 1 fully saturated rings. The minimum Gasteiger partial charge on any atom is -0.393 e. The third-order valence-corrected chi connectivity index (χ3v) is 6.10. The lowest BCUT2D eigenvalue weighted by Crippen LogP contribution is -2.43. The topological polar surface area (TPSA) is 92.3 Å². The van der Waals surface area contributed by atoms with E-state index in [1.165, 1.54) is 6.07 Å². The fourth-order valence-corrected chi connectivity index (χ4v) is 4.24. The zero-order chi connectivity index (χ0) is 23.8. The van der Waals surface area contributed by atoms with E-state index in [1.807, 2.05) is 13.0 Å². The number of carbonyl (C=O) groups excluding carboxylic acids is 1. The largest absolute Gasteiger partial charge is 0.417 e. The fourth-order valence-electron chi connectivity index (χ4n) is 4.24. The maximum Gasteiger partial charge on any atom is 0.417 e. The highest BCUT2D eigenvalue weighted by atomic mass is 19.4. The van der Waals surface area contributed by atoms with Crippen LogP contribution in [0.25, 0.3) is 10.9 Å². The molecule has 174 valence electrons. The van der Waals surface area contributed by atoms with Crippen LogP contribution in [0.15, 0.2) is 42.6 Å². The predicted octanol–water partition coefficient (Wildman–Crippen LogP) is 4.49. The van der Waals surface area contributed by atoms with E-state index >= 15 is 0 Å². The van der Waals surface area contributed by atoms with Gasteiger partial charge in [-0.05, 0) is 74.6 Å². The normalized spacial score (nSPS) is 18.9. The standard InChI is InChI=1S/C24H25F3N4O2/c1-14-9-16-10-15(5-8-21(16)30-22(14)28)23(33)31(19-3-2-4-20(32)11-19)13-18-7-6-17(12-29-18)24(25,26)27/h5-10,12,19-20,32H,2-4,11,13H2,1H3,(H2,28,30)/t19-,20-/m0/s1. The fraction of sp³-hybridized carbons (Fsp3) is 0.375. The van der Waals surface area contributed by atoms with E-state index in [9.17, 15) is 23.1 Å². The Hall–Kier alpha value is -3.20. The number of nitrogens with zero attached hydrogens (tertiary/aromatic N) is 3. The van der Waals surface area contributed by atoms with Crippen LogP contribution in [0, 0.1) is 6.92 Å². The number of aromatic nitrogens is 2. The second-order valence-electron chi connectivity index (χ2n) is 8.54. The number of anilines is 1. The van der Waals surface area contributed by atoms with Crippen molar-refractivity contribution in [3.05, 3.63) is 65.0 Å². The number of rotatable bonds is 4. The molecule has 0 unspecified atom stereocenters. The summed E-state index contributed by atoms with van der Waals surface area (Å²) in [7, 11) is 0. The van der Waals surface area contributed by atoms with Gasteiger partial charge in [-0.1, -0.05) is 0 Å². The number of halogens is 3. The van der Waals surface area contributed by atoms with Crippen LogP contribution < -0.4 is 5.73 Å². The number of aryl methyl sites for hydroxylation is 1. The number of carbonyl (C=O) groups is 1. The number of alkyl halides is 3. The summed E-state index contributed by atoms with van der Waals surface area (Å²) < 4.78 is 38.7. The average Bonchev–Trinajstić information content (AvgIpc) is 2.77. The third kappa shape index (κ3) is 5.08. The molecule has 3 aromatic rings. The molecule has 1 saturated carbocycles. The second-order valence-corrected chi connectivity index (χ2v) is 8.54. The molecule has 0 saturated heterocycles. The number of nitrogens with two attached hydrogens (primary N) is 1. The SMILES string of the molecule is Cc1cc2cc(C(=O)N(Cc3ccc(C(F)(F)F)cn3)[C@H]3CCC[C@H](O)C3)ccc2nc1N. The van der Waals surface area contributed by atoms with Crippen LogP contribution in [0.2, 0.25) is 0 Å². The lowest BCUT2D eigenvalue weighted by Gasteiger charge is -2.36. The summed E-state index contributed by atoms with van der Waals surface area (Å²) in [5, 5.41) is 10.9. The first-order valence-electron chi connectivity index (χ1n) is 10.8. The Morgan fingerprint density at radius 2 is 2.00 bits per heavy atom. The van der Waals surface area contributed by atoms with Gasteiger partial charge in [0.15, 0.2) is 0 Å². The summed E-state index contributed by atoms with van der Waals surface area (Å²) in [6, 6.07) is 9.01. The molecule has 9 heteroatoms. The van der Waals surface area contributed by atoms with E-state index in [4.69, 9.17) is 5.73 Å². The molecule has 0 bridgehead atoms. The minimum atomic E-state index is -4.48. The number of benzene rings is 1. The van der Waals surface area contributed by atoms with Gasteiger partial charge in [-0.2, -0.15) is 13.2 Å². The summed E-state index contributed by atoms with van der Waals surface area (Å²) in [6.45, 7) is 1.88. The minimum absolute atomic E-state index is 0.0470. The molecule has 2 heterocycles. The van der Waals surface area contributed by atoms with Gasteiger partial charge in [0.25, 0.3) is 5.91 Å². The van der Waals surface area contributed by atoms with Crippen molar-refractivity contribution in [1.29, 1.82) is 0 Å². The lowest BCUT2D eigenvalue weighted by molar-refractivity contribution is -0.137. The van der Waals surface area contributed by atoms with Crippen LogP contribution in [0.5, 0.6) is 0 Å². The Labute approximate surface area is 189 Å². The average molecular weight is 458 g/mol. The Morgan fingerprint density at radius 3 is 2.67 bits per heavy atom. The van der Waals surface area contributed by atoms with Gasteiger partial charge >= 0.3 is 6.18 Å².